The van der Waals surface area contributed by atoms with Crippen LogP contribution in [-0.2, 0) is 24.8 Å². The van der Waals surface area contributed by atoms with E-state index in [2.05, 4.69) is 58.6 Å². The number of halogens is 1. The number of aromatic nitrogens is 3. The SMILES string of the molecule is C=C(F)C(=O)N1CCN(c2c(C#N)c(OCC3CCCN3C)nc3c2CCN(c2c(C)ccc4c2cnn4C)C3)CC1C. The third-order valence-electron chi connectivity index (χ3n) is 9.35. The lowest BCUT2D eigenvalue weighted by atomic mass is 9.96. The van der Waals surface area contributed by atoms with Crippen molar-refractivity contribution in [1.29, 1.82) is 5.26 Å². The highest BCUT2D eigenvalue weighted by Crippen LogP contribution is 2.40. The number of nitrogens with zero attached hydrogens (tertiary/aromatic N) is 8. The van der Waals surface area contributed by atoms with E-state index in [4.69, 9.17) is 9.72 Å². The zero-order valence-corrected chi connectivity index (χ0v) is 25.4. The third-order valence-corrected chi connectivity index (χ3v) is 9.35. The molecule has 6 rings (SSSR count). The Morgan fingerprint density at radius 3 is 2.70 bits per heavy atom. The van der Waals surface area contributed by atoms with Gasteiger partial charge in [-0.15, -0.1) is 0 Å². The van der Waals surface area contributed by atoms with Gasteiger partial charge in [0.25, 0.3) is 5.91 Å². The highest BCUT2D eigenvalue weighted by molar-refractivity contribution is 5.94. The Labute approximate surface area is 251 Å². The fraction of sp³-hybridized carbons (Fsp3) is 0.500. The van der Waals surface area contributed by atoms with Gasteiger partial charge in [-0.3, -0.25) is 9.48 Å². The number of benzene rings is 1. The van der Waals surface area contributed by atoms with Crippen LogP contribution in [0.15, 0.2) is 30.7 Å². The summed E-state index contributed by atoms with van der Waals surface area (Å²) in [6, 6.07) is 6.67. The molecule has 0 bridgehead atoms. The number of pyridine rings is 1. The van der Waals surface area contributed by atoms with Gasteiger partial charge in [0.1, 0.15) is 18.2 Å². The molecule has 0 N–H and O–H groups in total. The third kappa shape index (κ3) is 5.18. The van der Waals surface area contributed by atoms with Crippen molar-refractivity contribution < 1.29 is 13.9 Å². The van der Waals surface area contributed by atoms with E-state index in [-0.39, 0.29) is 12.1 Å². The minimum atomic E-state index is -0.953. The lowest BCUT2D eigenvalue weighted by molar-refractivity contribution is -0.131. The first-order valence-corrected chi connectivity index (χ1v) is 15.0. The highest BCUT2D eigenvalue weighted by Gasteiger charge is 2.35. The van der Waals surface area contributed by atoms with Crippen LogP contribution in [0.3, 0.4) is 0 Å². The van der Waals surface area contributed by atoms with Gasteiger partial charge in [-0.2, -0.15) is 10.4 Å². The molecule has 2 fully saturated rings. The number of hydrogen-bond donors (Lipinski definition) is 0. The molecule has 1 amide bonds. The zero-order chi connectivity index (χ0) is 30.4. The summed E-state index contributed by atoms with van der Waals surface area (Å²) >= 11 is 0. The Kier molecular flexibility index (Phi) is 7.73. The number of carbonyl (C=O) groups is 1. The number of carbonyl (C=O) groups excluding carboxylic acids is 1. The zero-order valence-electron chi connectivity index (χ0n) is 25.4. The second-order valence-corrected chi connectivity index (χ2v) is 12.1. The van der Waals surface area contributed by atoms with Crippen LogP contribution in [0, 0.1) is 18.3 Å². The summed E-state index contributed by atoms with van der Waals surface area (Å²) < 4.78 is 22.0. The molecular weight excluding hydrogens is 547 g/mol. The Morgan fingerprint density at radius 2 is 2.00 bits per heavy atom. The van der Waals surface area contributed by atoms with E-state index in [1.54, 1.807) is 0 Å². The normalized spacial score (nSPS) is 20.8. The van der Waals surface area contributed by atoms with Crippen LogP contribution in [0.1, 0.15) is 42.1 Å². The lowest BCUT2D eigenvalue weighted by Crippen LogP contribution is -2.54. The number of ether oxygens (including phenoxy) is 1. The molecule has 2 atom stereocenters. The number of aryl methyl sites for hydroxylation is 2. The minimum Gasteiger partial charge on any atom is -0.475 e. The number of piperazine rings is 1. The lowest BCUT2D eigenvalue weighted by Gasteiger charge is -2.42. The predicted molar refractivity (Wildman–Crippen MR) is 164 cm³/mol. The number of anilines is 2. The second-order valence-electron chi connectivity index (χ2n) is 12.1. The van der Waals surface area contributed by atoms with Gasteiger partial charge in [0.05, 0.1) is 35.3 Å². The monoisotopic (exact) mass is 586 g/mol. The smallest absolute Gasteiger partial charge is 0.282 e. The van der Waals surface area contributed by atoms with Crippen molar-refractivity contribution in [2.24, 2.45) is 7.05 Å². The van der Waals surface area contributed by atoms with Crippen molar-refractivity contribution in [2.75, 3.05) is 56.2 Å². The number of rotatable bonds is 6. The van der Waals surface area contributed by atoms with Crippen LogP contribution >= 0.6 is 0 Å². The first-order valence-electron chi connectivity index (χ1n) is 15.0. The number of nitriles is 1. The molecule has 1 aromatic carbocycles. The summed E-state index contributed by atoms with van der Waals surface area (Å²) in [6.07, 6.45) is 4.79. The van der Waals surface area contributed by atoms with Crippen LogP contribution in [0.4, 0.5) is 15.8 Å². The second kappa shape index (κ2) is 11.5. The van der Waals surface area contributed by atoms with Crippen molar-refractivity contribution in [3.63, 3.8) is 0 Å². The first-order chi connectivity index (χ1) is 20.7. The molecule has 3 aliphatic heterocycles. The summed E-state index contributed by atoms with van der Waals surface area (Å²) in [6.45, 7) is 11.3. The molecule has 226 valence electrons. The molecule has 0 spiro atoms. The number of amides is 1. The van der Waals surface area contributed by atoms with Crippen LogP contribution in [0.25, 0.3) is 10.9 Å². The molecule has 2 unspecified atom stereocenters. The number of fused-ring (bicyclic) bond motifs is 2. The number of likely N-dealkylation sites (tertiary alicyclic amines) is 1. The quantitative estimate of drug-likeness (QED) is 0.404. The fourth-order valence-electron chi connectivity index (χ4n) is 7.01. The van der Waals surface area contributed by atoms with E-state index in [0.29, 0.717) is 50.7 Å². The van der Waals surface area contributed by atoms with Gasteiger partial charge in [0.15, 0.2) is 5.83 Å². The highest BCUT2D eigenvalue weighted by atomic mass is 19.1. The Balaban J connectivity index is 1.39. The molecule has 2 saturated heterocycles. The average Bonchev–Trinajstić information content (AvgIpc) is 3.58. The van der Waals surface area contributed by atoms with Gasteiger partial charge in [0.2, 0.25) is 5.88 Å². The van der Waals surface area contributed by atoms with Crippen molar-refractivity contribution >= 4 is 28.2 Å². The number of likely N-dealkylation sites (N-methyl/N-ethyl adjacent to an activating group) is 1. The molecule has 0 saturated carbocycles. The van der Waals surface area contributed by atoms with Gasteiger partial charge < -0.3 is 24.3 Å². The summed E-state index contributed by atoms with van der Waals surface area (Å²) in [5.74, 6) is -1.27. The molecule has 3 aromatic rings. The number of hydrogen-bond acceptors (Lipinski definition) is 8. The van der Waals surface area contributed by atoms with Gasteiger partial charge in [0, 0.05) is 56.3 Å². The summed E-state index contributed by atoms with van der Waals surface area (Å²) in [5, 5.41) is 16.1. The molecular formula is C32H39FN8O2. The molecule has 11 heteroatoms. The van der Waals surface area contributed by atoms with E-state index in [1.165, 1.54) is 10.5 Å². The van der Waals surface area contributed by atoms with Crippen LogP contribution < -0.4 is 14.5 Å². The Hall–Kier alpha value is -4.17. The molecule has 10 nitrogen and oxygen atoms in total. The average molecular weight is 587 g/mol. The predicted octanol–water partition coefficient (Wildman–Crippen LogP) is 3.70. The van der Waals surface area contributed by atoms with E-state index in [0.717, 1.165) is 59.5 Å². The summed E-state index contributed by atoms with van der Waals surface area (Å²) in [7, 11) is 4.05. The summed E-state index contributed by atoms with van der Waals surface area (Å²) in [5.41, 5.74) is 6.57. The maximum Gasteiger partial charge on any atom is 0.282 e. The van der Waals surface area contributed by atoms with Gasteiger partial charge in [-0.1, -0.05) is 12.6 Å². The minimum absolute atomic E-state index is 0.258. The maximum absolute atomic E-state index is 13.7. The molecule has 0 radical (unpaired) electrons. The molecule has 5 heterocycles. The van der Waals surface area contributed by atoms with Crippen LogP contribution in [-0.4, -0.2) is 88.9 Å². The van der Waals surface area contributed by atoms with Crippen molar-refractivity contribution in [1.82, 2.24) is 24.6 Å². The van der Waals surface area contributed by atoms with Gasteiger partial charge >= 0.3 is 0 Å². The van der Waals surface area contributed by atoms with E-state index in [1.807, 2.05) is 24.9 Å². The van der Waals surface area contributed by atoms with E-state index in [9.17, 15) is 14.4 Å². The standard InChI is InChI=1S/C32H39FN8O2/c1-20-8-9-28-26(16-35-38(28)5)29(20)39-12-10-24-27(18-39)36-31(43-19-23-7-6-11-37(23)4)25(15-34)30(24)40-13-14-41(21(2)17-40)32(42)22(3)33/h8-9,16,21,23H,3,6-7,10-14,17-19H2,1-2,4-5H3. The molecule has 43 heavy (non-hydrogen) atoms. The fourth-order valence-corrected chi connectivity index (χ4v) is 7.01. The Morgan fingerprint density at radius 1 is 1.19 bits per heavy atom. The molecule has 0 aliphatic carbocycles. The van der Waals surface area contributed by atoms with E-state index >= 15 is 0 Å². The maximum atomic E-state index is 13.7. The van der Waals surface area contributed by atoms with Crippen LogP contribution in [0.2, 0.25) is 0 Å². The molecule has 2 aromatic heterocycles. The van der Waals surface area contributed by atoms with Gasteiger partial charge in [-0.25, -0.2) is 9.37 Å². The van der Waals surface area contributed by atoms with Crippen molar-refractivity contribution in [2.45, 2.75) is 51.7 Å². The Bertz CT molecular complexity index is 1630. The largest absolute Gasteiger partial charge is 0.475 e. The topological polar surface area (TPSA) is 93.8 Å². The summed E-state index contributed by atoms with van der Waals surface area (Å²) in [4.78, 5) is 25.8. The van der Waals surface area contributed by atoms with Crippen LogP contribution in [0.5, 0.6) is 5.88 Å². The van der Waals surface area contributed by atoms with E-state index < -0.39 is 11.7 Å². The van der Waals surface area contributed by atoms with Crippen molar-refractivity contribution in [3.05, 3.63) is 53.1 Å². The van der Waals surface area contributed by atoms with Crippen molar-refractivity contribution in [3.8, 4) is 11.9 Å². The first kappa shape index (κ1) is 28.9. The van der Waals surface area contributed by atoms with Gasteiger partial charge in [-0.05, 0) is 58.3 Å². The molecule has 3 aliphatic rings.